The summed E-state index contributed by atoms with van der Waals surface area (Å²) in [5, 5.41) is 0. The van der Waals surface area contributed by atoms with Crippen LogP contribution in [0.2, 0.25) is 0 Å². The Bertz CT molecular complexity index is 941. The minimum atomic E-state index is -0.852. The van der Waals surface area contributed by atoms with Gasteiger partial charge in [-0.05, 0) is 17.2 Å². The number of para-hydroxylation sites is 1. The highest BCUT2D eigenvalue weighted by atomic mass is 16.5. The maximum atomic E-state index is 13.3. The lowest BCUT2D eigenvalue weighted by molar-refractivity contribution is 0.0532. The summed E-state index contributed by atoms with van der Waals surface area (Å²) in [6.45, 7) is 0. The normalized spacial score (nSPS) is 23.8. The SMILES string of the molecule is O=C1c2ccccc2CC12Oc1ccccc1C2c1ccccc1. The summed E-state index contributed by atoms with van der Waals surface area (Å²) < 4.78 is 6.37. The van der Waals surface area contributed by atoms with E-state index in [0.717, 1.165) is 28.0 Å². The molecule has 1 aliphatic heterocycles. The van der Waals surface area contributed by atoms with Crippen molar-refractivity contribution in [2.24, 2.45) is 0 Å². The number of ketones is 1. The standard InChI is InChI=1S/C22H16O2/c23-21-17-11-5-4-10-16(17)14-22(21)20(15-8-2-1-3-9-15)18-12-6-7-13-19(18)24-22/h1-13,20H,14H2. The highest BCUT2D eigenvalue weighted by Crippen LogP contribution is 2.53. The van der Waals surface area contributed by atoms with E-state index < -0.39 is 5.60 Å². The fraction of sp³-hybridized carbons (Fsp3) is 0.136. The smallest absolute Gasteiger partial charge is 0.207 e. The number of fused-ring (bicyclic) bond motifs is 2. The van der Waals surface area contributed by atoms with Crippen LogP contribution in [0.25, 0.3) is 0 Å². The molecule has 5 rings (SSSR count). The predicted octanol–water partition coefficient (Wildman–Crippen LogP) is 4.39. The van der Waals surface area contributed by atoms with Gasteiger partial charge in [-0.2, -0.15) is 0 Å². The molecule has 116 valence electrons. The van der Waals surface area contributed by atoms with E-state index in [2.05, 4.69) is 18.2 Å². The molecule has 0 fully saturated rings. The number of rotatable bonds is 1. The summed E-state index contributed by atoms with van der Waals surface area (Å²) in [4.78, 5) is 13.3. The van der Waals surface area contributed by atoms with Crippen molar-refractivity contribution in [2.45, 2.75) is 17.9 Å². The molecule has 2 atom stereocenters. The topological polar surface area (TPSA) is 26.3 Å². The van der Waals surface area contributed by atoms with Gasteiger partial charge in [0.25, 0.3) is 0 Å². The van der Waals surface area contributed by atoms with Crippen LogP contribution in [-0.2, 0) is 6.42 Å². The zero-order chi connectivity index (χ0) is 16.1. The summed E-state index contributed by atoms with van der Waals surface area (Å²) in [5.74, 6) is 0.852. The summed E-state index contributed by atoms with van der Waals surface area (Å²) in [5.41, 5.74) is 3.25. The number of ether oxygens (including phenoxy) is 1. The van der Waals surface area contributed by atoms with Gasteiger partial charge in [0.15, 0.2) is 5.60 Å². The summed E-state index contributed by atoms with van der Waals surface area (Å²) in [6, 6.07) is 26.1. The lowest BCUT2D eigenvalue weighted by Gasteiger charge is -2.29. The average Bonchev–Trinajstić information content (AvgIpc) is 3.11. The molecule has 24 heavy (non-hydrogen) atoms. The fourth-order valence-electron chi connectivity index (χ4n) is 4.22. The van der Waals surface area contributed by atoms with Crippen molar-refractivity contribution in [3.05, 3.63) is 101 Å². The maximum Gasteiger partial charge on any atom is 0.207 e. The van der Waals surface area contributed by atoms with Gasteiger partial charge in [-0.3, -0.25) is 4.79 Å². The molecular weight excluding hydrogens is 296 g/mol. The van der Waals surface area contributed by atoms with Crippen molar-refractivity contribution >= 4 is 5.78 Å². The number of hydrogen-bond acceptors (Lipinski definition) is 2. The van der Waals surface area contributed by atoms with Crippen LogP contribution in [0.3, 0.4) is 0 Å². The van der Waals surface area contributed by atoms with E-state index in [9.17, 15) is 4.79 Å². The summed E-state index contributed by atoms with van der Waals surface area (Å²) in [7, 11) is 0. The van der Waals surface area contributed by atoms with Crippen molar-refractivity contribution in [3.63, 3.8) is 0 Å². The highest BCUT2D eigenvalue weighted by Gasteiger charge is 2.58. The van der Waals surface area contributed by atoms with E-state index in [1.54, 1.807) is 0 Å². The van der Waals surface area contributed by atoms with Gasteiger partial charge in [-0.15, -0.1) is 0 Å². The van der Waals surface area contributed by atoms with Crippen molar-refractivity contribution in [1.29, 1.82) is 0 Å². The van der Waals surface area contributed by atoms with Gasteiger partial charge in [0.1, 0.15) is 5.75 Å². The van der Waals surface area contributed by atoms with Gasteiger partial charge in [0, 0.05) is 17.5 Å². The van der Waals surface area contributed by atoms with Crippen molar-refractivity contribution < 1.29 is 9.53 Å². The Morgan fingerprint density at radius 1 is 0.833 bits per heavy atom. The molecule has 2 unspecified atom stereocenters. The first-order valence-electron chi connectivity index (χ1n) is 8.25. The van der Waals surface area contributed by atoms with E-state index in [4.69, 9.17) is 4.74 Å². The minimum absolute atomic E-state index is 0.0743. The fourth-order valence-corrected chi connectivity index (χ4v) is 4.22. The first-order chi connectivity index (χ1) is 11.8. The summed E-state index contributed by atoms with van der Waals surface area (Å²) in [6.07, 6.45) is 0.621. The maximum absolute atomic E-state index is 13.3. The van der Waals surface area contributed by atoms with E-state index in [1.807, 2.05) is 60.7 Å². The highest BCUT2D eigenvalue weighted by molar-refractivity contribution is 6.08. The number of hydrogen-bond donors (Lipinski definition) is 0. The second-order valence-corrected chi connectivity index (χ2v) is 6.54. The Balaban J connectivity index is 1.74. The molecule has 0 radical (unpaired) electrons. The number of benzene rings is 3. The van der Waals surface area contributed by atoms with Gasteiger partial charge in [-0.25, -0.2) is 0 Å². The third-order valence-corrected chi connectivity index (χ3v) is 5.22. The van der Waals surface area contributed by atoms with E-state index in [1.165, 1.54) is 0 Å². The molecule has 0 saturated carbocycles. The van der Waals surface area contributed by atoms with E-state index >= 15 is 0 Å². The Morgan fingerprint density at radius 2 is 1.54 bits per heavy atom. The van der Waals surface area contributed by atoms with Crippen LogP contribution in [0.15, 0.2) is 78.9 Å². The molecule has 0 bridgehead atoms. The van der Waals surface area contributed by atoms with Gasteiger partial charge in [-0.1, -0.05) is 72.8 Å². The molecule has 1 aliphatic carbocycles. The Morgan fingerprint density at radius 3 is 2.38 bits per heavy atom. The number of carbonyl (C=O) groups excluding carboxylic acids is 1. The van der Waals surface area contributed by atoms with Crippen LogP contribution in [0.4, 0.5) is 0 Å². The van der Waals surface area contributed by atoms with Crippen LogP contribution in [-0.4, -0.2) is 11.4 Å². The lowest BCUT2D eigenvalue weighted by Crippen LogP contribution is -2.44. The molecule has 0 saturated heterocycles. The minimum Gasteiger partial charge on any atom is -0.477 e. The zero-order valence-electron chi connectivity index (χ0n) is 13.1. The van der Waals surface area contributed by atoms with Crippen molar-refractivity contribution in [1.82, 2.24) is 0 Å². The predicted molar refractivity (Wildman–Crippen MR) is 92.6 cm³/mol. The van der Waals surface area contributed by atoms with Crippen molar-refractivity contribution in [2.75, 3.05) is 0 Å². The monoisotopic (exact) mass is 312 g/mol. The molecule has 2 heteroatoms. The molecule has 2 aliphatic rings. The lowest BCUT2D eigenvalue weighted by atomic mass is 9.77. The zero-order valence-corrected chi connectivity index (χ0v) is 13.1. The van der Waals surface area contributed by atoms with Gasteiger partial charge >= 0.3 is 0 Å². The van der Waals surface area contributed by atoms with Crippen LogP contribution >= 0.6 is 0 Å². The molecular formula is C22H16O2. The van der Waals surface area contributed by atoms with Crippen LogP contribution in [0.5, 0.6) is 5.75 Å². The third-order valence-electron chi connectivity index (χ3n) is 5.22. The molecule has 0 aromatic heterocycles. The molecule has 1 heterocycles. The molecule has 0 N–H and O–H groups in total. The van der Waals surface area contributed by atoms with Gasteiger partial charge in [0.05, 0.1) is 5.92 Å². The molecule has 1 spiro atoms. The Labute approximate surface area is 140 Å². The third kappa shape index (κ3) is 1.68. The number of Topliss-reactive ketones (excluding diaryl/α,β-unsaturated/α-hetero) is 1. The average molecular weight is 312 g/mol. The second-order valence-electron chi connectivity index (χ2n) is 6.54. The first kappa shape index (κ1) is 13.6. The quantitative estimate of drug-likeness (QED) is 0.666. The molecule has 2 nitrogen and oxygen atoms in total. The molecule has 3 aromatic carbocycles. The summed E-state index contributed by atoms with van der Waals surface area (Å²) >= 11 is 0. The second kappa shape index (κ2) is 4.81. The Hall–Kier alpha value is -2.87. The van der Waals surface area contributed by atoms with Gasteiger partial charge in [0.2, 0.25) is 5.78 Å². The van der Waals surface area contributed by atoms with E-state index in [0.29, 0.717) is 6.42 Å². The van der Waals surface area contributed by atoms with Gasteiger partial charge < -0.3 is 4.74 Å². The van der Waals surface area contributed by atoms with E-state index in [-0.39, 0.29) is 11.7 Å². The van der Waals surface area contributed by atoms with Crippen LogP contribution in [0, 0.1) is 0 Å². The molecule has 3 aromatic rings. The van der Waals surface area contributed by atoms with Crippen LogP contribution in [0.1, 0.15) is 33.0 Å². The number of carbonyl (C=O) groups is 1. The first-order valence-corrected chi connectivity index (χ1v) is 8.25. The van der Waals surface area contributed by atoms with Crippen LogP contribution < -0.4 is 4.74 Å². The molecule has 0 amide bonds. The Kier molecular flexibility index (Phi) is 2.72. The van der Waals surface area contributed by atoms with Crippen molar-refractivity contribution in [3.8, 4) is 5.75 Å². The largest absolute Gasteiger partial charge is 0.477 e.